The molecule has 0 aliphatic heterocycles. The highest BCUT2D eigenvalue weighted by molar-refractivity contribution is 9.10. The Morgan fingerprint density at radius 3 is 2.55 bits per heavy atom. The average molecular weight is 338 g/mol. The zero-order valence-corrected chi connectivity index (χ0v) is 14.4. The zero-order valence-electron chi connectivity index (χ0n) is 12.8. The standard InChI is InChI=1S/C16H24BrN3/c1-12(2)11-20(9-5-8-18)16-7-6-14(10-15(16)17)13(3)19-4/h6-7,10,12-13,19H,5,9,11H2,1-4H3. The van der Waals surface area contributed by atoms with Crippen molar-refractivity contribution in [3.05, 3.63) is 28.2 Å². The summed E-state index contributed by atoms with van der Waals surface area (Å²) in [5.41, 5.74) is 2.42. The van der Waals surface area contributed by atoms with Crippen LogP contribution in [0.25, 0.3) is 0 Å². The summed E-state index contributed by atoms with van der Waals surface area (Å²) in [6.07, 6.45) is 0.549. The lowest BCUT2D eigenvalue weighted by molar-refractivity contribution is 0.611. The van der Waals surface area contributed by atoms with E-state index < -0.39 is 0 Å². The van der Waals surface area contributed by atoms with Crippen molar-refractivity contribution in [3.8, 4) is 6.07 Å². The first-order valence-corrected chi connectivity index (χ1v) is 7.87. The van der Waals surface area contributed by atoms with Gasteiger partial charge in [0, 0.05) is 23.6 Å². The van der Waals surface area contributed by atoms with E-state index in [-0.39, 0.29) is 0 Å². The Morgan fingerprint density at radius 2 is 2.05 bits per heavy atom. The Kier molecular flexibility index (Phi) is 7.04. The monoisotopic (exact) mass is 337 g/mol. The fourth-order valence-electron chi connectivity index (χ4n) is 2.15. The molecule has 1 atom stereocenters. The first kappa shape index (κ1) is 17.0. The van der Waals surface area contributed by atoms with Gasteiger partial charge in [-0.15, -0.1) is 0 Å². The number of nitrogens with zero attached hydrogens (tertiary/aromatic N) is 2. The van der Waals surface area contributed by atoms with Gasteiger partial charge in [0.05, 0.1) is 18.2 Å². The minimum atomic E-state index is 0.331. The van der Waals surface area contributed by atoms with E-state index >= 15 is 0 Å². The van der Waals surface area contributed by atoms with Crippen molar-refractivity contribution >= 4 is 21.6 Å². The van der Waals surface area contributed by atoms with E-state index in [1.54, 1.807) is 0 Å². The minimum absolute atomic E-state index is 0.331. The normalized spacial score (nSPS) is 12.2. The van der Waals surface area contributed by atoms with E-state index in [4.69, 9.17) is 5.26 Å². The quantitative estimate of drug-likeness (QED) is 0.813. The smallest absolute Gasteiger partial charge is 0.0640 e. The van der Waals surface area contributed by atoms with Crippen LogP contribution in [0.4, 0.5) is 5.69 Å². The number of nitriles is 1. The maximum absolute atomic E-state index is 8.82. The molecule has 1 aromatic carbocycles. The molecule has 1 N–H and O–H groups in total. The third-order valence-electron chi connectivity index (χ3n) is 3.32. The van der Waals surface area contributed by atoms with Gasteiger partial charge in [0.15, 0.2) is 0 Å². The SMILES string of the molecule is CNC(C)c1ccc(N(CCC#N)CC(C)C)c(Br)c1. The van der Waals surface area contributed by atoms with Crippen LogP contribution in [-0.4, -0.2) is 20.1 Å². The number of anilines is 1. The van der Waals surface area contributed by atoms with Gasteiger partial charge in [-0.05, 0) is 53.5 Å². The van der Waals surface area contributed by atoms with Crippen LogP contribution in [0.15, 0.2) is 22.7 Å². The Labute approximate surface area is 131 Å². The van der Waals surface area contributed by atoms with Crippen molar-refractivity contribution in [2.45, 2.75) is 33.2 Å². The van der Waals surface area contributed by atoms with Gasteiger partial charge in [0.25, 0.3) is 0 Å². The van der Waals surface area contributed by atoms with Gasteiger partial charge in [-0.3, -0.25) is 0 Å². The van der Waals surface area contributed by atoms with E-state index in [0.717, 1.165) is 17.6 Å². The first-order chi connectivity index (χ1) is 9.49. The summed E-state index contributed by atoms with van der Waals surface area (Å²) in [4.78, 5) is 2.28. The fourth-order valence-corrected chi connectivity index (χ4v) is 2.80. The van der Waals surface area contributed by atoms with E-state index in [1.165, 1.54) is 11.3 Å². The lowest BCUT2D eigenvalue weighted by Gasteiger charge is -2.27. The molecular weight excluding hydrogens is 314 g/mol. The Balaban J connectivity index is 2.98. The van der Waals surface area contributed by atoms with E-state index in [9.17, 15) is 0 Å². The van der Waals surface area contributed by atoms with Gasteiger partial charge in [-0.2, -0.15) is 5.26 Å². The predicted octanol–water partition coefficient (Wildman–Crippen LogP) is 4.11. The minimum Gasteiger partial charge on any atom is -0.369 e. The van der Waals surface area contributed by atoms with Gasteiger partial charge in [0.1, 0.15) is 0 Å². The highest BCUT2D eigenvalue weighted by Crippen LogP contribution is 2.30. The summed E-state index contributed by atoms with van der Waals surface area (Å²) in [6.45, 7) is 8.27. The van der Waals surface area contributed by atoms with Crippen LogP contribution in [0.1, 0.15) is 38.8 Å². The second-order valence-corrected chi connectivity index (χ2v) is 6.32. The van der Waals surface area contributed by atoms with Crippen LogP contribution in [0.3, 0.4) is 0 Å². The summed E-state index contributed by atoms with van der Waals surface area (Å²) in [5, 5.41) is 12.1. The van der Waals surface area contributed by atoms with Crippen molar-refractivity contribution in [1.82, 2.24) is 5.32 Å². The first-order valence-electron chi connectivity index (χ1n) is 7.08. The van der Waals surface area contributed by atoms with Crippen LogP contribution in [0, 0.1) is 17.2 Å². The number of rotatable bonds is 7. The van der Waals surface area contributed by atoms with Crippen LogP contribution >= 0.6 is 15.9 Å². The number of nitrogens with one attached hydrogen (secondary N) is 1. The van der Waals surface area contributed by atoms with Crippen molar-refractivity contribution in [1.29, 1.82) is 5.26 Å². The Hall–Kier alpha value is -1.05. The number of halogens is 1. The van der Waals surface area contributed by atoms with Crippen LogP contribution in [0.5, 0.6) is 0 Å². The van der Waals surface area contributed by atoms with E-state index in [0.29, 0.717) is 18.4 Å². The van der Waals surface area contributed by atoms with E-state index in [2.05, 4.69) is 71.2 Å². The number of benzene rings is 1. The Morgan fingerprint density at radius 1 is 1.35 bits per heavy atom. The van der Waals surface area contributed by atoms with Crippen LogP contribution < -0.4 is 10.2 Å². The zero-order chi connectivity index (χ0) is 15.1. The third-order valence-corrected chi connectivity index (χ3v) is 3.96. The van der Waals surface area contributed by atoms with Gasteiger partial charge in [0.2, 0.25) is 0 Å². The maximum Gasteiger partial charge on any atom is 0.0640 e. The molecule has 110 valence electrons. The molecule has 0 aliphatic rings. The van der Waals surface area contributed by atoms with Gasteiger partial charge < -0.3 is 10.2 Å². The Bertz CT molecular complexity index is 465. The topological polar surface area (TPSA) is 39.1 Å². The van der Waals surface area contributed by atoms with Gasteiger partial charge >= 0.3 is 0 Å². The van der Waals surface area contributed by atoms with Gasteiger partial charge in [-0.25, -0.2) is 0 Å². The summed E-state index contributed by atoms with van der Waals surface area (Å²) < 4.78 is 1.09. The molecule has 4 heteroatoms. The molecule has 1 aromatic rings. The molecule has 0 saturated carbocycles. The second kappa shape index (κ2) is 8.28. The molecule has 0 radical (unpaired) electrons. The lowest BCUT2D eigenvalue weighted by atomic mass is 10.1. The molecule has 0 amide bonds. The third kappa shape index (κ3) is 4.81. The summed E-state index contributed by atoms with van der Waals surface area (Å²) >= 11 is 3.67. The summed E-state index contributed by atoms with van der Waals surface area (Å²) in [7, 11) is 1.96. The highest BCUT2D eigenvalue weighted by Gasteiger charge is 2.13. The largest absolute Gasteiger partial charge is 0.369 e. The molecule has 0 spiro atoms. The van der Waals surface area contributed by atoms with Crippen LogP contribution in [-0.2, 0) is 0 Å². The van der Waals surface area contributed by atoms with Crippen LogP contribution in [0.2, 0.25) is 0 Å². The molecular formula is C16H24BrN3. The number of hydrogen-bond donors (Lipinski definition) is 1. The van der Waals surface area contributed by atoms with E-state index in [1.807, 2.05) is 7.05 Å². The molecule has 0 fully saturated rings. The summed E-state index contributed by atoms with van der Waals surface area (Å²) in [6, 6.07) is 9.03. The molecule has 1 unspecified atom stereocenters. The van der Waals surface area contributed by atoms with Crippen molar-refractivity contribution in [2.24, 2.45) is 5.92 Å². The van der Waals surface area contributed by atoms with Gasteiger partial charge in [-0.1, -0.05) is 19.9 Å². The molecule has 0 bridgehead atoms. The highest BCUT2D eigenvalue weighted by atomic mass is 79.9. The molecule has 0 aromatic heterocycles. The average Bonchev–Trinajstić information content (AvgIpc) is 2.42. The van der Waals surface area contributed by atoms with Crippen molar-refractivity contribution in [3.63, 3.8) is 0 Å². The predicted molar refractivity (Wildman–Crippen MR) is 88.9 cm³/mol. The van der Waals surface area contributed by atoms with Crippen molar-refractivity contribution < 1.29 is 0 Å². The molecule has 20 heavy (non-hydrogen) atoms. The lowest BCUT2D eigenvalue weighted by Crippen LogP contribution is -2.29. The molecule has 0 saturated heterocycles. The molecule has 0 heterocycles. The molecule has 0 aliphatic carbocycles. The maximum atomic E-state index is 8.82. The summed E-state index contributed by atoms with van der Waals surface area (Å²) in [5.74, 6) is 0.566. The number of hydrogen-bond acceptors (Lipinski definition) is 3. The molecule has 1 rings (SSSR count). The van der Waals surface area contributed by atoms with Crippen molar-refractivity contribution in [2.75, 3.05) is 25.0 Å². The molecule has 3 nitrogen and oxygen atoms in total. The fraction of sp³-hybridized carbons (Fsp3) is 0.562. The second-order valence-electron chi connectivity index (χ2n) is 5.47.